The van der Waals surface area contributed by atoms with Crippen LogP contribution in [0, 0.1) is 19.8 Å². The minimum atomic E-state index is -0.143. The van der Waals surface area contributed by atoms with Crippen LogP contribution in [-0.2, 0) is 11.2 Å². The van der Waals surface area contributed by atoms with Crippen molar-refractivity contribution in [3.63, 3.8) is 0 Å². The first-order chi connectivity index (χ1) is 12.8. The lowest BCUT2D eigenvalue weighted by atomic mass is 10.0. The van der Waals surface area contributed by atoms with Crippen molar-refractivity contribution in [1.29, 1.82) is 0 Å². The number of amides is 1. The Morgan fingerprint density at radius 1 is 1.15 bits per heavy atom. The quantitative estimate of drug-likeness (QED) is 0.719. The molecule has 1 amide bonds. The highest BCUT2D eigenvalue weighted by molar-refractivity contribution is 5.97. The van der Waals surface area contributed by atoms with Crippen LogP contribution in [0.25, 0.3) is 0 Å². The average molecular weight is 370 g/mol. The van der Waals surface area contributed by atoms with Crippen LogP contribution in [0.5, 0.6) is 0 Å². The number of aromatic nitrogens is 2. The molecule has 1 heterocycles. The zero-order chi connectivity index (χ0) is 20.0. The summed E-state index contributed by atoms with van der Waals surface area (Å²) in [6, 6.07) is 7.01. The van der Waals surface area contributed by atoms with Gasteiger partial charge in [0.05, 0.1) is 5.69 Å². The lowest BCUT2D eigenvalue weighted by molar-refractivity contribution is -0.116. The monoisotopic (exact) mass is 369 g/mol. The topological polar surface area (TPSA) is 64.0 Å². The maximum Gasteiger partial charge on any atom is 0.278 e. The summed E-state index contributed by atoms with van der Waals surface area (Å²) in [5, 5.41) is 7.33. The molecule has 5 nitrogen and oxygen atoms in total. The molecule has 2 aromatic rings. The van der Waals surface area contributed by atoms with Crippen LogP contribution >= 0.6 is 0 Å². The third-order valence-electron chi connectivity index (χ3n) is 4.78. The van der Waals surface area contributed by atoms with Gasteiger partial charge in [0, 0.05) is 23.4 Å². The fourth-order valence-electron chi connectivity index (χ4n) is 3.05. The predicted octanol–water partition coefficient (Wildman–Crippen LogP) is 4.91. The van der Waals surface area contributed by atoms with Crippen molar-refractivity contribution >= 4 is 17.5 Å². The van der Waals surface area contributed by atoms with Gasteiger partial charge in [-0.2, -0.15) is 5.10 Å². The number of carbonyl (C=O) groups excluding carboxylic acids is 2. The first kappa shape index (κ1) is 20.9. The van der Waals surface area contributed by atoms with Gasteiger partial charge >= 0.3 is 0 Å². The third-order valence-corrected chi connectivity index (χ3v) is 4.78. The number of aryl methyl sites for hydroxylation is 1. The second kappa shape index (κ2) is 9.49. The SMILES string of the molecule is CCCCC(=O)Nc1ccc(C(=O)n2nc(C)c(CCC(C)C)c2C)cc1. The summed E-state index contributed by atoms with van der Waals surface area (Å²) in [6.45, 7) is 10.4. The van der Waals surface area contributed by atoms with E-state index in [1.54, 1.807) is 24.3 Å². The largest absolute Gasteiger partial charge is 0.326 e. The van der Waals surface area contributed by atoms with E-state index in [9.17, 15) is 9.59 Å². The van der Waals surface area contributed by atoms with Gasteiger partial charge in [-0.1, -0.05) is 27.2 Å². The van der Waals surface area contributed by atoms with Gasteiger partial charge in [0.25, 0.3) is 5.91 Å². The van der Waals surface area contributed by atoms with Crippen molar-refractivity contribution in [2.75, 3.05) is 5.32 Å². The minimum Gasteiger partial charge on any atom is -0.326 e. The molecule has 27 heavy (non-hydrogen) atoms. The first-order valence-corrected chi connectivity index (χ1v) is 9.83. The fraction of sp³-hybridized carbons (Fsp3) is 0.500. The lowest BCUT2D eigenvalue weighted by Crippen LogP contribution is -2.16. The highest BCUT2D eigenvalue weighted by Crippen LogP contribution is 2.19. The van der Waals surface area contributed by atoms with Crippen molar-refractivity contribution in [2.24, 2.45) is 5.92 Å². The summed E-state index contributed by atoms with van der Waals surface area (Å²) < 4.78 is 1.50. The van der Waals surface area contributed by atoms with Crippen molar-refractivity contribution in [3.05, 3.63) is 46.8 Å². The van der Waals surface area contributed by atoms with Crippen LogP contribution < -0.4 is 5.32 Å². The number of nitrogens with zero attached hydrogens (tertiary/aromatic N) is 2. The Labute approximate surface area is 162 Å². The molecule has 1 N–H and O–H groups in total. The Hall–Kier alpha value is -2.43. The molecule has 0 saturated carbocycles. The Kier molecular flexibility index (Phi) is 7.34. The zero-order valence-corrected chi connectivity index (χ0v) is 17.1. The van der Waals surface area contributed by atoms with Gasteiger partial charge in [-0.25, -0.2) is 4.68 Å². The highest BCUT2D eigenvalue weighted by atomic mass is 16.2. The molecule has 0 saturated heterocycles. The smallest absolute Gasteiger partial charge is 0.278 e. The van der Waals surface area contributed by atoms with Gasteiger partial charge in [-0.3, -0.25) is 9.59 Å². The van der Waals surface area contributed by atoms with E-state index in [2.05, 4.69) is 31.2 Å². The van der Waals surface area contributed by atoms with Crippen LogP contribution in [0.15, 0.2) is 24.3 Å². The molecule has 0 atom stereocenters. The van der Waals surface area contributed by atoms with E-state index < -0.39 is 0 Å². The van der Waals surface area contributed by atoms with Crippen LogP contribution in [0.1, 0.15) is 73.8 Å². The molecular weight excluding hydrogens is 338 g/mol. The molecule has 0 fully saturated rings. The van der Waals surface area contributed by atoms with E-state index in [1.807, 2.05) is 13.8 Å². The third kappa shape index (κ3) is 5.52. The zero-order valence-electron chi connectivity index (χ0n) is 17.1. The molecule has 0 radical (unpaired) electrons. The molecule has 0 aliphatic rings. The molecule has 1 aromatic heterocycles. The Morgan fingerprint density at radius 3 is 2.41 bits per heavy atom. The van der Waals surface area contributed by atoms with E-state index >= 15 is 0 Å². The summed E-state index contributed by atoms with van der Waals surface area (Å²) in [5.41, 5.74) is 4.26. The van der Waals surface area contributed by atoms with Crippen LogP contribution in [0.2, 0.25) is 0 Å². The molecule has 1 aromatic carbocycles. The maximum absolute atomic E-state index is 12.9. The molecule has 0 unspecified atom stereocenters. The molecule has 0 spiro atoms. The van der Waals surface area contributed by atoms with E-state index in [0.29, 0.717) is 23.6 Å². The van der Waals surface area contributed by atoms with E-state index in [-0.39, 0.29) is 11.8 Å². The summed E-state index contributed by atoms with van der Waals surface area (Å²) in [7, 11) is 0. The number of hydrogen-bond acceptors (Lipinski definition) is 3. The average Bonchev–Trinajstić information content (AvgIpc) is 2.92. The van der Waals surface area contributed by atoms with Gasteiger partial charge < -0.3 is 5.32 Å². The summed E-state index contributed by atoms with van der Waals surface area (Å²) in [6.07, 6.45) is 4.39. The summed E-state index contributed by atoms with van der Waals surface area (Å²) in [5.74, 6) is 0.474. The van der Waals surface area contributed by atoms with Gasteiger partial charge in [0.1, 0.15) is 0 Å². The van der Waals surface area contributed by atoms with Gasteiger partial charge in [-0.15, -0.1) is 0 Å². The van der Waals surface area contributed by atoms with Gasteiger partial charge in [0.2, 0.25) is 5.91 Å². The highest BCUT2D eigenvalue weighted by Gasteiger charge is 2.18. The second-order valence-corrected chi connectivity index (χ2v) is 7.53. The van der Waals surface area contributed by atoms with Gasteiger partial charge in [0.15, 0.2) is 0 Å². The van der Waals surface area contributed by atoms with E-state index in [1.165, 1.54) is 4.68 Å². The summed E-state index contributed by atoms with van der Waals surface area (Å²) >= 11 is 0. The predicted molar refractivity (Wildman–Crippen MR) is 109 cm³/mol. The second-order valence-electron chi connectivity index (χ2n) is 7.53. The lowest BCUT2D eigenvalue weighted by Gasteiger charge is -2.08. The van der Waals surface area contributed by atoms with Crippen LogP contribution in [0.4, 0.5) is 5.69 Å². The molecule has 5 heteroatoms. The molecule has 0 aliphatic heterocycles. The van der Waals surface area contributed by atoms with Crippen molar-refractivity contribution < 1.29 is 9.59 Å². The van der Waals surface area contributed by atoms with Crippen molar-refractivity contribution in [3.8, 4) is 0 Å². The first-order valence-electron chi connectivity index (χ1n) is 9.83. The standard InChI is InChI=1S/C22H31N3O2/c1-6-7-8-21(26)23-19-12-10-18(11-13-19)22(27)25-17(5)20(16(4)24-25)14-9-15(2)3/h10-13,15H,6-9,14H2,1-5H3,(H,23,26). The fourth-order valence-corrected chi connectivity index (χ4v) is 3.05. The number of nitrogens with one attached hydrogen (secondary N) is 1. The van der Waals surface area contributed by atoms with E-state index in [4.69, 9.17) is 0 Å². The summed E-state index contributed by atoms with van der Waals surface area (Å²) in [4.78, 5) is 24.7. The minimum absolute atomic E-state index is 0.00395. The number of anilines is 1. The van der Waals surface area contributed by atoms with Crippen molar-refractivity contribution in [2.45, 2.75) is 66.7 Å². The van der Waals surface area contributed by atoms with Crippen LogP contribution in [-0.4, -0.2) is 21.6 Å². The normalized spacial score (nSPS) is 11.0. The van der Waals surface area contributed by atoms with Crippen molar-refractivity contribution in [1.82, 2.24) is 9.78 Å². The molecular formula is C22H31N3O2. The molecule has 2 rings (SSSR count). The number of benzene rings is 1. The van der Waals surface area contributed by atoms with Gasteiger partial charge in [-0.05, 0) is 68.9 Å². The number of rotatable bonds is 8. The molecule has 0 aliphatic carbocycles. The number of unbranched alkanes of at least 4 members (excludes halogenated alkanes) is 1. The Morgan fingerprint density at radius 2 is 1.81 bits per heavy atom. The number of hydrogen-bond donors (Lipinski definition) is 1. The van der Waals surface area contributed by atoms with E-state index in [0.717, 1.165) is 42.6 Å². The van der Waals surface area contributed by atoms with Crippen LogP contribution in [0.3, 0.4) is 0 Å². The molecule has 146 valence electrons. The number of carbonyl (C=O) groups is 2. The Balaban J connectivity index is 2.11. The maximum atomic E-state index is 12.9. The molecule has 0 bridgehead atoms. The Bertz CT molecular complexity index is 789.